The Morgan fingerprint density at radius 2 is 1.91 bits per heavy atom. The van der Waals surface area contributed by atoms with Crippen molar-refractivity contribution >= 4 is 22.8 Å². The number of nitrogens with zero attached hydrogens (tertiary/aromatic N) is 6. The maximum atomic E-state index is 13.6. The molecule has 160 valence electrons. The molecular formula is C24H20ClFN6. The highest BCUT2D eigenvalue weighted by Gasteiger charge is 2.12. The van der Waals surface area contributed by atoms with Gasteiger partial charge in [-0.15, -0.1) is 0 Å². The highest BCUT2D eigenvalue weighted by atomic mass is 35.5. The van der Waals surface area contributed by atoms with Gasteiger partial charge >= 0.3 is 0 Å². The molecule has 0 saturated carbocycles. The smallest absolute Gasteiger partial charge is 0.180 e. The minimum absolute atomic E-state index is 0.313. The fraction of sp³-hybridized carbons (Fsp3) is 0.125. The monoisotopic (exact) mass is 446 g/mol. The van der Waals surface area contributed by atoms with Gasteiger partial charge in [0.25, 0.3) is 0 Å². The van der Waals surface area contributed by atoms with Crippen LogP contribution in [0.5, 0.6) is 0 Å². The quantitative estimate of drug-likeness (QED) is 0.372. The summed E-state index contributed by atoms with van der Waals surface area (Å²) in [5.74, 6) is -0.313. The largest absolute Gasteiger partial charge is 0.310 e. The average Bonchev–Trinajstić information content (AvgIpc) is 3.43. The van der Waals surface area contributed by atoms with Crippen molar-refractivity contribution in [2.45, 2.75) is 13.1 Å². The lowest BCUT2D eigenvalue weighted by Crippen LogP contribution is -2.28. The van der Waals surface area contributed by atoms with E-state index < -0.39 is 0 Å². The van der Waals surface area contributed by atoms with Crippen LogP contribution in [0.4, 0.5) is 4.39 Å². The van der Waals surface area contributed by atoms with E-state index in [2.05, 4.69) is 22.2 Å². The molecule has 0 aliphatic heterocycles. The van der Waals surface area contributed by atoms with Crippen LogP contribution in [0.1, 0.15) is 11.1 Å². The van der Waals surface area contributed by atoms with E-state index in [1.807, 2.05) is 64.1 Å². The number of imidazole rings is 1. The first-order valence-corrected chi connectivity index (χ1v) is 10.5. The van der Waals surface area contributed by atoms with Gasteiger partial charge in [0, 0.05) is 23.8 Å². The molecule has 6 nitrogen and oxygen atoms in total. The van der Waals surface area contributed by atoms with Gasteiger partial charge in [-0.1, -0.05) is 41.9 Å². The molecule has 0 radical (unpaired) electrons. The number of aromatic nitrogens is 5. The second kappa shape index (κ2) is 8.43. The summed E-state index contributed by atoms with van der Waals surface area (Å²) in [6.07, 6.45) is 5.50. The van der Waals surface area contributed by atoms with Crippen LogP contribution in [0.25, 0.3) is 22.4 Å². The van der Waals surface area contributed by atoms with E-state index in [4.69, 9.17) is 16.6 Å². The van der Waals surface area contributed by atoms with Crippen LogP contribution in [0.15, 0.2) is 79.4 Å². The van der Waals surface area contributed by atoms with E-state index in [-0.39, 0.29) is 5.82 Å². The maximum Gasteiger partial charge on any atom is 0.180 e. The van der Waals surface area contributed by atoms with E-state index in [0.29, 0.717) is 29.3 Å². The van der Waals surface area contributed by atoms with Crippen molar-refractivity contribution in [2.75, 3.05) is 12.1 Å². The lowest BCUT2D eigenvalue weighted by Gasteiger charge is -2.21. The zero-order chi connectivity index (χ0) is 22.1. The van der Waals surface area contributed by atoms with Crippen LogP contribution in [0.2, 0.25) is 5.02 Å². The zero-order valence-corrected chi connectivity index (χ0v) is 18.1. The summed E-state index contributed by atoms with van der Waals surface area (Å²) in [6.45, 7) is 1.13. The molecule has 0 bridgehead atoms. The summed E-state index contributed by atoms with van der Waals surface area (Å²) in [6, 6.07) is 18.5. The summed E-state index contributed by atoms with van der Waals surface area (Å²) in [5.41, 5.74) is 5.09. The van der Waals surface area contributed by atoms with Crippen LogP contribution >= 0.6 is 11.6 Å². The fourth-order valence-corrected chi connectivity index (χ4v) is 3.84. The molecule has 5 aromatic rings. The molecule has 5 rings (SSSR count). The number of halogens is 2. The van der Waals surface area contributed by atoms with Crippen LogP contribution in [-0.2, 0) is 13.1 Å². The van der Waals surface area contributed by atoms with Gasteiger partial charge in [-0.2, -0.15) is 5.10 Å². The summed E-state index contributed by atoms with van der Waals surface area (Å²) in [5, 5.41) is 6.90. The Kier molecular flexibility index (Phi) is 5.33. The van der Waals surface area contributed by atoms with Crippen molar-refractivity contribution in [3.8, 4) is 11.3 Å². The Labute approximate surface area is 189 Å². The van der Waals surface area contributed by atoms with E-state index in [0.717, 1.165) is 16.8 Å². The molecule has 3 aromatic heterocycles. The van der Waals surface area contributed by atoms with Gasteiger partial charge < -0.3 is 5.01 Å². The molecule has 0 aliphatic rings. The van der Waals surface area contributed by atoms with E-state index in [1.54, 1.807) is 12.4 Å². The molecule has 0 fully saturated rings. The normalized spacial score (nSPS) is 11.2. The van der Waals surface area contributed by atoms with Crippen molar-refractivity contribution in [2.24, 2.45) is 0 Å². The minimum Gasteiger partial charge on any atom is -0.310 e. The maximum absolute atomic E-state index is 13.6. The molecule has 0 aliphatic carbocycles. The highest BCUT2D eigenvalue weighted by Crippen LogP contribution is 2.22. The lowest BCUT2D eigenvalue weighted by molar-refractivity contribution is 0.619. The predicted octanol–water partition coefficient (Wildman–Crippen LogP) is 4.90. The second-order valence-corrected chi connectivity index (χ2v) is 8.00. The SMILES string of the molecule is CN(Cc1cc(F)ccc1Cl)n1cnc2nc(-c3cnn(Cc4ccccc4)c3)ccc21. The Morgan fingerprint density at radius 1 is 1.06 bits per heavy atom. The van der Waals surface area contributed by atoms with E-state index >= 15 is 0 Å². The first-order chi connectivity index (χ1) is 15.6. The number of benzene rings is 2. The van der Waals surface area contributed by atoms with Crippen molar-refractivity contribution in [3.63, 3.8) is 0 Å². The predicted molar refractivity (Wildman–Crippen MR) is 124 cm³/mol. The topological polar surface area (TPSA) is 51.8 Å². The van der Waals surface area contributed by atoms with Gasteiger partial charge in [0.05, 0.1) is 25.0 Å². The third-order valence-electron chi connectivity index (χ3n) is 5.28. The van der Waals surface area contributed by atoms with Gasteiger partial charge in [-0.25, -0.2) is 19.0 Å². The Hall–Kier alpha value is -3.71. The number of hydrogen-bond donors (Lipinski definition) is 0. The summed E-state index contributed by atoms with van der Waals surface area (Å²) < 4.78 is 17.4. The molecule has 0 atom stereocenters. The standard InChI is InChI=1S/C24H20ClFN6/c1-30(14-18-11-20(26)7-8-21(18)25)32-16-27-24-23(32)10-9-22(29-24)19-12-28-31(15-19)13-17-5-3-2-4-6-17/h2-12,15-16H,13-14H2,1H3. The molecule has 0 unspecified atom stereocenters. The van der Waals surface area contributed by atoms with E-state index in [1.165, 1.54) is 17.7 Å². The molecule has 8 heteroatoms. The van der Waals surface area contributed by atoms with Gasteiger partial charge in [0.2, 0.25) is 0 Å². The molecule has 0 saturated heterocycles. The van der Waals surface area contributed by atoms with Gasteiger partial charge in [-0.3, -0.25) is 4.68 Å². The highest BCUT2D eigenvalue weighted by molar-refractivity contribution is 6.31. The summed E-state index contributed by atoms with van der Waals surface area (Å²) >= 11 is 6.22. The third-order valence-corrected chi connectivity index (χ3v) is 5.65. The van der Waals surface area contributed by atoms with Crippen LogP contribution in [-0.4, -0.2) is 31.5 Å². The molecular weight excluding hydrogens is 427 g/mol. The first kappa shape index (κ1) is 20.2. The Morgan fingerprint density at radius 3 is 2.75 bits per heavy atom. The van der Waals surface area contributed by atoms with E-state index in [9.17, 15) is 4.39 Å². The second-order valence-electron chi connectivity index (χ2n) is 7.59. The van der Waals surface area contributed by atoms with Crippen LogP contribution < -0.4 is 5.01 Å². The van der Waals surface area contributed by atoms with Crippen LogP contribution in [0, 0.1) is 5.82 Å². The minimum atomic E-state index is -0.313. The first-order valence-electron chi connectivity index (χ1n) is 10.1. The Balaban J connectivity index is 1.38. The molecule has 3 heterocycles. The van der Waals surface area contributed by atoms with Crippen molar-refractivity contribution in [1.29, 1.82) is 0 Å². The number of hydrogen-bond acceptors (Lipinski definition) is 4. The van der Waals surface area contributed by atoms with Gasteiger partial charge in [-0.05, 0) is 41.5 Å². The van der Waals surface area contributed by atoms with Crippen molar-refractivity contribution in [1.82, 2.24) is 24.4 Å². The average molecular weight is 447 g/mol. The summed E-state index contributed by atoms with van der Waals surface area (Å²) in [7, 11) is 1.89. The van der Waals surface area contributed by atoms with Gasteiger partial charge in [0.15, 0.2) is 5.65 Å². The molecule has 32 heavy (non-hydrogen) atoms. The Bertz CT molecular complexity index is 1380. The fourth-order valence-electron chi connectivity index (χ4n) is 3.66. The zero-order valence-electron chi connectivity index (χ0n) is 17.4. The molecule has 0 N–H and O–H groups in total. The molecule has 0 amide bonds. The molecule has 2 aromatic carbocycles. The van der Waals surface area contributed by atoms with Crippen molar-refractivity contribution in [3.05, 3.63) is 101 Å². The van der Waals surface area contributed by atoms with Gasteiger partial charge in [0.1, 0.15) is 17.7 Å². The molecule has 0 spiro atoms. The van der Waals surface area contributed by atoms with Crippen LogP contribution in [0.3, 0.4) is 0 Å². The number of fused-ring (bicyclic) bond motifs is 1. The van der Waals surface area contributed by atoms with Crippen molar-refractivity contribution < 1.29 is 4.39 Å². The lowest BCUT2D eigenvalue weighted by atomic mass is 10.2. The number of rotatable bonds is 6. The summed E-state index contributed by atoms with van der Waals surface area (Å²) in [4.78, 5) is 9.17. The number of pyridine rings is 1. The third kappa shape index (κ3) is 4.07.